The molecule has 0 radical (unpaired) electrons. The van der Waals surface area contributed by atoms with Crippen LogP contribution in [0.5, 0.6) is 0 Å². The lowest BCUT2D eigenvalue weighted by Crippen LogP contribution is -2.33. The molecule has 1 aliphatic heterocycles. The minimum Gasteiger partial charge on any atom is -0.480 e. The second-order valence-corrected chi connectivity index (χ2v) is 6.58. The van der Waals surface area contributed by atoms with Crippen molar-refractivity contribution in [3.05, 3.63) is 70.7 Å². The van der Waals surface area contributed by atoms with Gasteiger partial charge in [-0.1, -0.05) is 60.1 Å². The molecule has 2 aromatic rings. The van der Waals surface area contributed by atoms with Crippen molar-refractivity contribution in [1.82, 2.24) is 4.90 Å². The maximum absolute atomic E-state index is 11.9. The van der Waals surface area contributed by atoms with E-state index < -0.39 is 12.0 Å². The predicted octanol–water partition coefficient (Wildman–Crippen LogP) is 3.17. The summed E-state index contributed by atoms with van der Waals surface area (Å²) >= 11 is 6.23. The fraction of sp³-hybridized carbons (Fsp3) is 0.316. The van der Waals surface area contributed by atoms with Gasteiger partial charge in [0.2, 0.25) is 0 Å². The molecular weight excluding hydrogens is 326 g/mol. The molecule has 0 bridgehead atoms. The van der Waals surface area contributed by atoms with E-state index >= 15 is 0 Å². The summed E-state index contributed by atoms with van der Waals surface area (Å²) in [5.74, 6) is -0.800. The van der Waals surface area contributed by atoms with Crippen molar-refractivity contribution in [3.8, 4) is 0 Å². The number of aliphatic hydroxyl groups excluding tert-OH is 1. The van der Waals surface area contributed by atoms with Crippen LogP contribution in [0.4, 0.5) is 0 Å². The molecule has 0 unspecified atom stereocenters. The van der Waals surface area contributed by atoms with E-state index in [1.807, 2.05) is 35.2 Å². The average molecular weight is 346 g/mol. The van der Waals surface area contributed by atoms with Crippen LogP contribution in [0.3, 0.4) is 0 Å². The van der Waals surface area contributed by atoms with E-state index in [0.717, 1.165) is 5.56 Å². The second-order valence-electron chi connectivity index (χ2n) is 6.18. The summed E-state index contributed by atoms with van der Waals surface area (Å²) in [6, 6.07) is 16.2. The fourth-order valence-corrected chi connectivity index (χ4v) is 3.80. The molecule has 2 N–H and O–H groups in total. The van der Waals surface area contributed by atoms with Gasteiger partial charge in [-0.05, 0) is 17.2 Å². The quantitative estimate of drug-likeness (QED) is 0.873. The highest BCUT2D eigenvalue weighted by Crippen LogP contribution is 2.38. The lowest BCUT2D eigenvalue weighted by atomic mass is 9.90. The Labute approximate surface area is 146 Å². The zero-order chi connectivity index (χ0) is 17.1. The molecule has 0 saturated carbocycles. The van der Waals surface area contributed by atoms with Gasteiger partial charge in [0.25, 0.3) is 0 Å². The molecule has 2 aromatic carbocycles. The smallest absolute Gasteiger partial charge is 0.325 e. The van der Waals surface area contributed by atoms with Gasteiger partial charge in [0, 0.05) is 36.6 Å². The zero-order valence-corrected chi connectivity index (χ0v) is 13.9. The Hall–Kier alpha value is -1.88. The molecule has 5 heteroatoms. The highest BCUT2D eigenvalue weighted by atomic mass is 35.5. The molecule has 0 aromatic heterocycles. The van der Waals surface area contributed by atoms with Gasteiger partial charge in [-0.15, -0.1) is 0 Å². The molecule has 1 saturated heterocycles. The van der Waals surface area contributed by atoms with E-state index in [0.29, 0.717) is 23.7 Å². The van der Waals surface area contributed by atoms with E-state index in [1.54, 1.807) is 24.3 Å². The first-order chi connectivity index (χ1) is 11.6. The summed E-state index contributed by atoms with van der Waals surface area (Å²) in [5, 5.41) is 20.0. The van der Waals surface area contributed by atoms with Gasteiger partial charge in [-0.2, -0.15) is 0 Å². The Balaban J connectivity index is 1.91. The van der Waals surface area contributed by atoms with Crippen molar-refractivity contribution in [1.29, 1.82) is 0 Å². The van der Waals surface area contributed by atoms with E-state index in [-0.39, 0.29) is 18.4 Å². The number of carboxylic acids is 1. The number of nitrogens with zero attached hydrogens (tertiary/aromatic N) is 1. The first-order valence-corrected chi connectivity index (χ1v) is 8.36. The van der Waals surface area contributed by atoms with E-state index in [2.05, 4.69) is 0 Å². The maximum atomic E-state index is 11.9. The van der Waals surface area contributed by atoms with Gasteiger partial charge in [-0.25, -0.2) is 0 Å². The molecule has 0 aliphatic carbocycles. The van der Waals surface area contributed by atoms with Crippen LogP contribution in [0.1, 0.15) is 23.1 Å². The topological polar surface area (TPSA) is 60.8 Å². The molecule has 126 valence electrons. The number of halogens is 1. The summed E-state index contributed by atoms with van der Waals surface area (Å²) < 4.78 is 0. The molecule has 1 fully saturated rings. The molecule has 1 heterocycles. The second kappa shape index (κ2) is 7.34. The van der Waals surface area contributed by atoms with Crippen molar-refractivity contribution in [3.63, 3.8) is 0 Å². The first kappa shape index (κ1) is 17.0. The highest BCUT2D eigenvalue weighted by molar-refractivity contribution is 6.31. The van der Waals surface area contributed by atoms with Gasteiger partial charge in [0.05, 0.1) is 0 Å². The standard InChI is InChI=1S/C19H20ClNO3/c20-17-9-5-4-8-15(17)18(19(23)24)21-10-14(12-22)16(11-21)13-6-2-1-3-7-13/h1-9,14,16,18,22H,10-12H2,(H,23,24)/t14-,16-,18-/m1/s1. The Morgan fingerprint density at radius 3 is 2.42 bits per heavy atom. The number of hydrogen-bond donors (Lipinski definition) is 2. The third-order valence-electron chi connectivity index (χ3n) is 4.73. The number of carboxylic acid groups (broad SMARTS) is 1. The fourth-order valence-electron chi connectivity index (χ4n) is 3.56. The van der Waals surface area contributed by atoms with Gasteiger partial charge in [0.1, 0.15) is 6.04 Å². The molecular formula is C19H20ClNO3. The Morgan fingerprint density at radius 1 is 1.12 bits per heavy atom. The van der Waals surface area contributed by atoms with Crippen LogP contribution >= 0.6 is 11.6 Å². The highest BCUT2D eigenvalue weighted by Gasteiger charge is 2.40. The molecule has 0 amide bonds. The van der Waals surface area contributed by atoms with Crippen molar-refractivity contribution >= 4 is 17.6 Å². The lowest BCUT2D eigenvalue weighted by Gasteiger charge is -2.25. The number of benzene rings is 2. The van der Waals surface area contributed by atoms with Crippen LogP contribution in [-0.2, 0) is 4.79 Å². The predicted molar refractivity (Wildman–Crippen MR) is 93.2 cm³/mol. The summed E-state index contributed by atoms with van der Waals surface area (Å²) in [6.45, 7) is 1.14. The minimum absolute atomic E-state index is 0.0109. The molecule has 24 heavy (non-hydrogen) atoms. The third-order valence-corrected chi connectivity index (χ3v) is 5.07. The van der Waals surface area contributed by atoms with Crippen LogP contribution in [-0.4, -0.2) is 40.8 Å². The number of rotatable bonds is 5. The van der Waals surface area contributed by atoms with E-state index in [1.165, 1.54) is 0 Å². The van der Waals surface area contributed by atoms with Gasteiger partial charge < -0.3 is 10.2 Å². The van der Waals surface area contributed by atoms with Crippen LogP contribution in [0.15, 0.2) is 54.6 Å². The molecule has 1 aliphatic rings. The first-order valence-electron chi connectivity index (χ1n) is 7.99. The molecule has 3 atom stereocenters. The van der Waals surface area contributed by atoms with Gasteiger partial charge >= 0.3 is 5.97 Å². The van der Waals surface area contributed by atoms with Crippen molar-refractivity contribution in [2.45, 2.75) is 12.0 Å². The van der Waals surface area contributed by atoms with Crippen LogP contribution in [0, 0.1) is 5.92 Å². The number of carbonyl (C=O) groups is 1. The summed E-state index contributed by atoms with van der Waals surface area (Å²) in [4.78, 5) is 13.8. The average Bonchev–Trinajstić information content (AvgIpc) is 3.01. The lowest BCUT2D eigenvalue weighted by molar-refractivity contribution is -0.143. The Morgan fingerprint density at radius 2 is 1.79 bits per heavy atom. The summed E-state index contributed by atoms with van der Waals surface area (Å²) in [5.41, 5.74) is 1.72. The normalized spacial score (nSPS) is 22.4. The third kappa shape index (κ3) is 3.31. The van der Waals surface area contributed by atoms with Crippen LogP contribution in [0.2, 0.25) is 5.02 Å². The zero-order valence-electron chi connectivity index (χ0n) is 13.2. The Kier molecular flexibility index (Phi) is 5.19. The largest absolute Gasteiger partial charge is 0.480 e. The number of hydrogen-bond acceptors (Lipinski definition) is 3. The van der Waals surface area contributed by atoms with Crippen molar-refractivity contribution in [2.24, 2.45) is 5.92 Å². The van der Waals surface area contributed by atoms with E-state index in [9.17, 15) is 15.0 Å². The SMILES string of the molecule is O=C(O)[C@@H](c1ccccc1Cl)N1C[C@H](CO)[C@@H](c2ccccc2)C1. The number of aliphatic hydroxyl groups is 1. The maximum Gasteiger partial charge on any atom is 0.325 e. The van der Waals surface area contributed by atoms with Crippen molar-refractivity contribution in [2.75, 3.05) is 19.7 Å². The summed E-state index contributed by atoms with van der Waals surface area (Å²) in [6.07, 6.45) is 0. The molecule has 3 rings (SSSR count). The van der Waals surface area contributed by atoms with Crippen LogP contribution in [0.25, 0.3) is 0 Å². The van der Waals surface area contributed by atoms with E-state index in [4.69, 9.17) is 11.6 Å². The van der Waals surface area contributed by atoms with Gasteiger partial charge in [-0.3, -0.25) is 9.69 Å². The molecule has 4 nitrogen and oxygen atoms in total. The monoisotopic (exact) mass is 345 g/mol. The van der Waals surface area contributed by atoms with Crippen LogP contribution < -0.4 is 0 Å². The Bertz CT molecular complexity index is 707. The number of likely N-dealkylation sites (tertiary alicyclic amines) is 1. The van der Waals surface area contributed by atoms with Crippen molar-refractivity contribution < 1.29 is 15.0 Å². The van der Waals surface area contributed by atoms with Gasteiger partial charge in [0.15, 0.2) is 0 Å². The molecule has 0 spiro atoms. The summed E-state index contributed by atoms with van der Waals surface area (Å²) in [7, 11) is 0. The minimum atomic E-state index is -0.923. The number of aliphatic carboxylic acids is 1.